The van der Waals surface area contributed by atoms with Gasteiger partial charge in [-0.2, -0.15) is 0 Å². The molecule has 4 saturated heterocycles. The Morgan fingerprint density at radius 2 is 0.981 bits per heavy atom. The number of terminal acetylenes is 1. The lowest BCUT2D eigenvalue weighted by molar-refractivity contribution is -0.286. The number of hydrogen-bond donors (Lipinski definition) is 4. The first kappa shape index (κ1) is 87.9. The first-order valence-corrected chi connectivity index (χ1v) is 34.7. The quantitative estimate of drug-likeness (QED) is 0.0167. The van der Waals surface area contributed by atoms with Gasteiger partial charge in [-0.3, -0.25) is 52.6 Å². The SMILES string of the molecule is C#CCOC(=O)C(C)(CO)CO.CC1(C)OCC(C)(C(=O)OC(=O)C2(C)COC(C)(C)OC2)CO1.CC1(C)OCC(C)(C(=O)OCC(C)(COC(=O)C2(C)COC(C)(C)OC2)C(=O)OCc2cn(CCNC(=O)C3C=C4C=CC=CC4OC3=O)nn2)CO1.[N-]=[N+]=NCCCNC(=O)C1C=C2C=CC=CC2OC1=O. The van der Waals surface area contributed by atoms with Crippen LogP contribution in [0.2, 0.25) is 0 Å². The van der Waals surface area contributed by atoms with Crippen molar-refractivity contribution in [3.05, 3.63) is 94.2 Å². The molecule has 4 atom stereocenters. The third-order valence-corrected chi connectivity index (χ3v) is 17.8. The van der Waals surface area contributed by atoms with Gasteiger partial charge in [0.05, 0.1) is 78.8 Å². The summed E-state index contributed by atoms with van der Waals surface area (Å²) < 4.78 is 83.0. The molecule has 1 aromatic rings. The van der Waals surface area contributed by atoms with Gasteiger partial charge in [0.1, 0.15) is 70.2 Å². The van der Waals surface area contributed by atoms with Crippen molar-refractivity contribution < 1.29 is 129 Å². The van der Waals surface area contributed by atoms with Gasteiger partial charge in [-0.05, 0) is 132 Å². The summed E-state index contributed by atoms with van der Waals surface area (Å²) in [7, 11) is 0. The predicted molar refractivity (Wildman–Crippen MR) is 373 cm³/mol. The van der Waals surface area contributed by atoms with Gasteiger partial charge in [0.25, 0.3) is 0 Å². The fourth-order valence-electron chi connectivity index (χ4n) is 9.84. The van der Waals surface area contributed by atoms with Crippen LogP contribution in [-0.4, -0.2) is 226 Å². The summed E-state index contributed by atoms with van der Waals surface area (Å²) in [5.74, 6) is -9.37. The summed E-state index contributed by atoms with van der Waals surface area (Å²) >= 11 is 0. The number of carbonyl (C=O) groups excluding carboxylic acids is 10. The molecular formula is C73H100N8O27. The minimum Gasteiger partial charge on any atom is -0.464 e. The Bertz CT molecular complexity index is 3600. The summed E-state index contributed by atoms with van der Waals surface area (Å²) in [6.45, 7) is 22.7. The van der Waals surface area contributed by atoms with E-state index in [-0.39, 0.29) is 91.0 Å². The molecule has 1 aromatic heterocycles. The second-order valence-electron chi connectivity index (χ2n) is 30.1. The molecule has 0 saturated carbocycles. The topological polar surface area (TPSA) is 453 Å². The summed E-state index contributed by atoms with van der Waals surface area (Å²) in [5, 5.41) is 34.2. The molecule has 4 fully saturated rings. The molecule has 594 valence electrons. The van der Waals surface area contributed by atoms with Gasteiger partial charge in [-0.25, -0.2) is 0 Å². The van der Waals surface area contributed by atoms with Crippen LogP contribution in [0.1, 0.15) is 109 Å². The Morgan fingerprint density at radius 3 is 1.37 bits per heavy atom. The number of aliphatic hydroxyl groups is 2. The maximum absolute atomic E-state index is 13.6. The summed E-state index contributed by atoms with van der Waals surface area (Å²) in [6, 6.07) is 0. The number of azide groups is 1. The lowest BCUT2D eigenvalue weighted by atomic mass is 9.89. The van der Waals surface area contributed by atoms with E-state index >= 15 is 0 Å². The number of aromatic nitrogens is 3. The van der Waals surface area contributed by atoms with Crippen LogP contribution >= 0.6 is 0 Å². The fourth-order valence-corrected chi connectivity index (χ4v) is 9.84. The molecule has 4 unspecified atom stereocenters. The lowest BCUT2D eigenvalue weighted by Gasteiger charge is -2.41. The fraction of sp³-hybridized carbons (Fsp3) is 0.644. The van der Waals surface area contributed by atoms with E-state index in [4.69, 9.17) is 88.5 Å². The van der Waals surface area contributed by atoms with Crippen LogP contribution in [-0.2, 0) is 132 Å². The number of nitrogens with one attached hydrogen (secondary N) is 2. The zero-order valence-corrected chi connectivity index (χ0v) is 63.5. The molecule has 4 N–H and O–H groups in total. The Labute approximate surface area is 625 Å². The highest BCUT2D eigenvalue weighted by Gasteiger charge is 2.51. The number of allylic oxidation sites excluding steroid dienone is 4. The monoisotopic (exact) mass is 1520 g/mol. The third-order valence-electron chi connectivity index (χ3n) is 17.8. The molecule has 8 aliphatic rings. The molecule has 6 aliphatic heterocycles. The van der Waals surface area contributed by atoms with Crippen LogP contribution in [0, 0.1) is 56.7 Å². The number of aliphatic hydroxyl groups excluding tert-OH is 2. The maximum atomic E-state index is 13.6. The van der Waals surface area contributed by atoms with Crippen molar-refractivity contribution in [3.8, 4) is 12.3 Å². The molecule has 0 aromatic carbocycles. The van der Waals surface area contributed by atoms with Crippen LogP contribution in [0.15, 0.2) is 83.2 Å². The van der Waals surface area contributed by atoms with Crippen molar-refractivity contribution in [1.29, 1.82) is 0 Å². The van der Waals surface area contributed by atoms with E-state index in [2.05, 4.69) is 41.6 Å². The molecular weight excluding hydrogens is 1420 g/mol. The number of carbonyl (C=O) groups is 10. The smallest absolute Gasteiger partial charge is 0.324 e. The normalized spacial score (nSPS) is 23.1. The number of hydrogen-bond acceptors (Lipinski definition) is 30. The van der Waals surface area contributed by atoms with Crippen LogP contribution in [0.5, 0.6) is 0 Å². The Hall–Kier alpha value is -9.05. The predicted octanol–water partition coefficient (Wildman–Crippen LogP) is 3.89. The van der Waals surface area contributed by atoms with Crippen molar-refractivity contribution in [3.63, 3.8) is 0 Å². The van der Waals surface area contributed by atoms with E-state index < -0.39 is 160 Å². The number of amides is 2. The number of fused-ring (bicyclic) bond motifs is 2. The molecule has 0 bridgehead atoms. The number of esters is 8. The van der Waals surface area contributed by atoms with Crippen molar-refractivity contribution in [2.75, 3.05) is 106 Å². The largest absolute Gasteiger partial charge is 0.464 e. The van der Waals surface area contributed by atoms with Crippen molar-refractivity contribution in [2.24, 2.45) is 49.4 Å². The molecule has 9 rings (SSSR count). The molecule has 35 heteroatoms. The highest BCUT2D eigenvalue weighted by molar-refractivity contribution is 6.01. The van der Waals surface area contributed by atoms with Crippen LogP contribution in [0.4, 0.5) is 0 Å². The third kappa shape index (κ3) is 24.7. The van der Waals surface area contributed by atoms with Gasteiger partial charge in [-0.15, -0.1) is 11.5 Å². The van der Waals surface area contributed by atoms with Crippen LogP contribution < -0.4 is 10.6 Å². The van der Waals surface area contributed by atoms with Gasteiger partial charge in [0.15, 0.2) is 41.6 Å². The molecule has 7 heterocycles. The minimum atomic E-state index is -1.64. The highest BCUT2D eigenvalue weighted by atomic mass is 16.7. The van der Waals surface area contributed by atoms with Gasteiger partial charge in [0.2, 0.25) is 11.8 Å². The van der Waals surface area contributed by atoms with E-state index in [1.807, 2.05) is 12.2 Å². The zero-order valence-electron chi connectivity index (χ0n) is 63.5. The molecule has 108 heavy (non-hydrogen) atoms. The van der Waals surface area contributed by atoms with Crippen molar-refractivity contribution >= 4 is 59.6 Å². The van der Waals surface area contributed by atoms with E-state index in [1.165, 1.54) is 24.7 Å². The van der Waals surface area contributed by atoms with Crippen molar-refractivity contribution in [2.45, 2.75) is 152 Å². The van der Waals surface area contributed by atoms with Gasteiger partial charge < -0.3 is 91.9 Å². The number of rotatable bonds is 24. The highest BCUT2D eigenvalue weighted by Crippen LogP contribution is 2.37. The number of ether oxygens (including phenoxy) is 15. The molecule has 2 aliphatic carbocycles. The second-order valence-corrected chi connectivity index (χ2v) is 30.1. The van der Waals surface area contributed by atoms with Gasteiger partial charge >= 0.3 is 47.8 Å². The first-order valence-electron chi connectivity index (χ1n) is 34.7. The average Bonchev–Trinajstić information content (AvgIpc) is 0.826. The van der Waals surface area contributed by atoms with Crippen LogP contribution in [0.25, 0.3) is 10.4 Å². The van der Waals surface area contributed by atoms with E-state index in [0.717, 1.165) is 11.1 Å². The van der Waals surface area contributed by atoms with Gasteiger partial charge in [-0.1, -0.05) is 64.9 Å². The van der Waals surface area contributed by atoms with Crippen LogP contribution in [0.3, 0.4) is 0 Å². The molecule has 0 radical (unpaired) electrons. The van der Waals surface area contributed by atoms with Crippen molar-refractivity contribution in [1.82, 2.24) is 25.6 Å². The Kier molecular flexibility index (Phi) is 30.4. The zero-order chi connectivity index (χ0) is 80.2. The molecule has 0 spiro atoms. The maximum Gasteiger partial charge on any atom is 0.324 e. The van der Waals surface area contributed by atoms with E-state index in [1.54, 1.807) is 132 Å². The standard InChI is InChI=1S/C36H48N4O13.C16H26O7.C13H14N4O3.C8H12O4/c1-32(2)49-19-35(6,20-50-32)30(44)47-17-34(5,18-48-31(45)36(7)21-51-33(3,4)52-22-36)29(43)46-16-24-15-40(39-38-24)13-12-37-27(41)25-14-23-10-8-9-11-26(23)53-28(25)42;1-13(2)19-7-15(5,8-20-13)11(17)23-12(18)16(6)9-21-14(3,4)22-10-16;14-17-16-7-3-6-15-12(18)10-8-9-4-1-2-5-11(9)20-13(10)19;1-3-4-12-7(11)8(2,5-9)6-10/h8-11,14-15,25-26H,12-13,16-22H2,1-7H3,(H,37,41);7-10H2,1-6H3;1-2,4-5,8,10-11H,3,6-7H2,(H,15,18);1,9-10H,4-6H2,2H3. The average molecular weight is 1520 g/mol. The molecule has 2 amide bonds. The summed E-state index contributed by atoms with van der Waals surface area (Å²) in [5.41, 5.74) is 2.72. The molecule has 35 nitrogen and oxygen atoms in total. The second kappa shape index (κ2) is 37.4. The first-order chi connectivity index (χ1) is 50.5. The minimum absolute atomic E-state index is 0.0317. The van der Waals surface area contributed by atoms with E-state index in [0.29, 0.717) is 19.5 Å². The van der Waals surface area contributed by atoms with Gasteiger partial charge in [0, 0.05) is 24.5 Å². The number of nitrogens with zero attached hydrogens (tertiary/aromatic N) is 6. The van der Waals surface area contributed by atoms with E-state index in [9.17, 15) is 47.9 Å². The summed E-state index contributed by atoms with van der Waals surface area (Å²) in [6.07, 6.45) is 23.5. The summed E-state index contributed by atoms with van der Waals surface area (Å²) in [4.78, 5) is 127. The lowest BCUT2D eigenvalue weighted by Crippen LogP contribution is -2.53. The Balaban J connectivity index is 0.000000270. The Morgan fingerprint density at radius 1 is 0.593 bits per heavy atom.